The van der Waals surface area contributed by atoms with Gasteiger partial charge in [-0.2, -0.15) is 0 Å². The van der Waals surface area contributed by atoms with E-state index in [0.717, 1.165) is 6.54 Å². The van der Waals surface area contributed by atoms with Gasteiger partial charge < -0.3 is 5.32 Å². The Labute approximate surface area is 112 Å². The van der Waals surface area contributed by atoms with Crippen LogP contribution in [0.25, 0.3) is 0 Å². The average molecular weight is 265 g/mol. The fourth-order valence-corrected chi connectivity index (χ4v) is 3.37. The van der Waals surface area contributed by atoms with Crippen molar-refractivity contribution < 1.29 is 0 Å². The van der Waals surface area contributed by atoms with Crippen molar-refractivity contribution >= 4 is 22.7 Å². The molecule has 0 amide bonds. The van der Waals surface area contributed by atoms with Crippen LogP contribution in [-0.2, 0) is 0 Å². The van der Waals surface area contributed by atoms with Gasteiger partial charge in [0.15, 0.2) is 0 Å². The molecule has 0 saturated heterocycles. The van der Waals surface area contributed by atoms with E-state index in [2.05, 4.69) is 61.1 Å². The maximum absolute atomic E-state index is 3.69. The Balaban J connectivity index is 2.15. The van der Waals surface area contributed by atoms with Crippen LogP contribution in [0.3, 0.4) is 0 Å². The lowest BCUT2D eigenvalue weighted by molar-refractivity contribution is 0.368. The van der Waals surface area contributed by atoms with Crippen LogP contribution in [-0.4, -0.2) is 6.54 Å². The molecule has 2 heterocycles. The Kier molecular flexibility index (Phi) is 4.02. The first-order valence-corrected chi connectivity index (χ1v) is 7.62. The monoisotopic (exact) mass is 265 g/mol. The number of thiophene rings is 2. The fraction of sp³-hybridized carbons (Fsp3) is 0.429. The van der Waals surface area contributed by atoms with Crippen molar-refractivity contribution in [3.63, 3.8) is 0 Å². The summed E-state index contributed by atoms with van der Waals surface area (Å²) in [6.45, 7) is 7.81. The summed E-state index contributed by atoms with van der Waals surface area (Å²) < 4.78 is 0. The van der Waals surface area contributed by atoms with Crippen LogP contribution in [0.1, 0.15) is 36.6 Å². The van der Waals surface area contributed by atoms with Gasteiger partial charge in [-0.15, -0.1) is 22.7 Å². The fourth-order valence-electron chi connectivity index (χ4n) is 1.66. The molecule has 0 spiro atoms. The van der Waals surface area contributed by atoms with Crippen molar-refractivity contribution in [3.05, 3.63) is 44.8 Å². The average Bonchev–Trinajstić information content (AvgIpc) is 2.86. The molecule has 0 unspecified atom stereocenters. The third kappa shape index (κ3) is 3.66. The second-order valence-electron chi connectivity index (χ2n) is 5.41. The second-order valence-corrected chi connectivity index (χ2v) is 7.36. The second kappa shape index (κ2) is 5.34. The van der Waals surface area contributed by atoms with E-state index in [9.17, 15) is 0 Å². The van der Waals surface area contributed by atoms with Crippen molar-refractivity contribution in [1.82, 2.24) is 5.32 Å². The van der Waals surface area contributed by atoms with E-state index in [1.165, 1.54) is 9.75 Å². The van der Waals surface area contributed by atoms with Gasteiger partial charge in [-0.05, 0) is 28.3 Å². The molecule has 2 aromatic heterocycles. The Bertz CT molecular complexity index is 389. The predicted octanol–water partition coefficient (Wildman–Crippen LogP) is 4.53. The van der Waals surface area contributed by atoms with Crippen molar-refractivity contribution in [3.8, 4) is 0 Å². The quantitative estimate of drug-likeness (QED) is 0.856. The van der Waals surface area contributed by atoms with Crippen LogP contribution >= 0.6 is 22.7 Å². The largest absolute Gasteiger partial charge is 0.304 e. The molecule has 1 N–H and O–H groups in total. The van der Waals surface area contributed by atoms with Gasteiger partial charge in [0.1, 0.15) is 0 Å². The molecule has 3 heteroatoms. The molecule has 0 saturated carbocycles. The van der Waals surface area contributed by atoms with Gasteiger partial charge in [0.05, 0.1) is 6.04 Å². The van der Waals surface area contributed by atoms with E-state index < -0.39 is 0 Å². The third-order valence-electron chi connectivity index (χ3n) is 2.49. The highest BCUT2D eigenvalue weighted by Crippen LogP contribution is 2.29. The van der Waals surface area contributed by atoms with Gasteiger partial charge in [-0.25, -0.2) is 0 Å². The maximum Gasteiger partial charge on any atom is 0.0765 e. The van der Waals surface area contributed by atoms with Crippen LogP contribution in [0.4, 0.5) is 0 Å². The van der Waals surface area contributed by atoms with Crippen LogP contribution in [0.5, 0.6) is 0 Å². The minimum atomic E-state index is 0.312. The summed E-state index contributed by atoms with van der Waals surface area (Å²) in [5.74, 6) is 0. The zero-order chi connectivity index (χ0) is 12.3. The lowest BCUT2D eigenvalue weighted by atomic mass is 9.96. The third-order valence-corrected chi connectivity index (χ3v) is 4.37. The predicted molar refractivity (Wildman–Crippen MR) is 77.9 cm³/mol. The lowest BCUT2D eigenvalue weighted by Crippen LogP contribution is -2.30. The number of hydrogen-bond donors (Lipinski definition) is 1. The number of hydrogen-bond acceptors (Lipinski definition) is 3. The summed E-state index contributed by atoms with van der Waals surface area (Å²) in [6.07, 6.45) is 0. The topological polar surface area (TPSA) is 12.0 Å². The minimum Gasteiger partial charge on any atom is -0.304 e. The Morgan fingerprint density at radius 3 is 1.94 bits per heavy atom. The van der Waals surface area contributed by atoms with Gasteiger partial charge in [0.25, 0.3) is 0 Å². The zero-order valence-electron chi connectivity index (χ0n) is 10.6. The molecular formula is C14H19NS2. The maximum atomic E-state index is 3.69. The van der Waals surface area contributed by atoms with E-state index in [4.69, 9.17) is 0 Å². The van der Waals surface area contributed by atoms with Crippen molar-refractivity contribution in [1.29, 1.82) is 0 Å². The molecule has 2 aromatic rings. The van der Waals surface area contributed by atoms with E-state index in [1.807, 2.05) is 22.7 Å². The molecule has 0 aliphatic rings. The Hall–Kier alpha value is -0.640. The molecule has 0 radical (unpaired) electrons. The summed E-state index contributed by atoms with van der Waals surface area (Å²) in [7, 11) is 0. The van der Waals surface area contributed by atoms with E-state index in [1.54, 1.807) is 0 Å². The standard InChI is InChI=1S/C14H19NS2/c1-14(2,3)10-15-13(11-6-4-8-16-11)12-7-5-9-17-12/h4-9,13,15H,10H2,1-3H3. The summed E-state index contributed by atoms with van der Waals surface area (Å²) >= 11 is 3.65. The normalized spacial score (nSPS) is 12.2. The molecule has 0 aliphatic heterocycles. The van der Waals surface area contributed by atoms with Crippen molar-refractivity contribution in [2.45, 2.75) is 26.8 Å². The van der Waals surface area contributed by atoms with Gasteiger partial charge in [0.2, 0.25) is 0 Å². The van der Waals surface area contributed by atoms with Crippen molar-refractivity contribution in [2.24, 2.45) is 5.41 Å². The first-order valence-electron chi connectivity index (χ1n) is 5.86. The summed E-state index contributed by atoms with van der Waals surface area (Å²) in [6, 6.07) is 9.03. The van der Waals surface area contributed by atoms with Crippen LogP contribution in [0, 0.1) is 5.41 Å². The molecule has 0 atom stereocenters. The molecule has 17 heavy (non-hydrogen) atoms. The van der Waals surface area contributed by atoms with Crippen LogP contribution < -0.4 is 5.32 Å². The highest BCUT2D eigenvalue weighted by molar-refractivity contribution is 7.11. The van der Waals surface area contributed by atoms with Gasteiger partial charge >= 0.3 is 0 Å². The molecule has 0 aromatic carbocycles. The first-order chi connectivity index (χ1) is 8.06. The van der Waals surface area contributed by atoms with Gasteiger partial charge in [-0.1, -0.05) is 32.9 Å². The Morgan fingerprint density at radius 1 is 1.06 bits per heavy atom. The highest BCUT2D eigenvalue weighted by Gasteiger charge is 2.18. The molecule has 92 valence electrons. The van der Waals surface area contributed by atoms with Crippen LogP contribution in [0.2, 0.25) is 0 Å². The van der Waals surface area contributed by atoms with E-state index >= 15 is 0 Å². The summed E-state index contributed by atoms with van der Waals surface area (Å²) in [5.41, 5.74) is 0.312. The SMILES string of the molecule is CC(C)(C)CNC(c1cccs1)c1cccs1. The zero-order valence-corrected chi connectivity index (χ0v) is 12.2. The number of nitrogens with one attached hydrogen (secondary N) is 1. The summed E-state index contributed by atoms with van der Waals surface area (Å²) in [5, 5.41) is 7.98. The molecule has 0 aliphatic carbocycles. The number of rotatable bonds is 4. The lowest BCUT2D eigenvalue weighted by Gasteiger charge is -2.23. The highest BCUT2D eigenvalue weighted by atomic mass is 32.1. The van der Waals surface area contributed by atoms with Gasteiger partial charge in [-0.3, -0.25) is 0 Å². The molecule has 2 rings (SSSR count). The van der Waals surface area contributed by atoms with E-state index in [-0.39, 0.29) is 0 Å². The minimum absolute atomic E-state index is 0.312. The van der Waals surface area contributed by atoms with Crippen LogP contribution in [0.15, 0.2) is 35.0 Å². The molecule has 1 nitrogen and oxygen atoms in total. The van der Waals surface area contributed by atoms with Gasteiger partial charge in [0, 0.05) is 16.3 Å². The van der Waals surface area contributed by atoms with E-state index in [0.29, 0.717) is 11.5 Å². The smallest absolute Gasteiger partial charge is 0.0765 e. The Morgan fingerprint density at radius 2 is 1.59 bits per heavy atom. The molecule has 0 bridgehead atoms. The molecular weight excluding hydrogens is 246 g/mol. The summed E-state index contributed by atoms with van der Waals surface area (Å²) in [4.78, 5) is 2.80. The first kappa shape index (κ1) is 12.8. The van der Waals surface area contributed by atoms with Crippen molar-refractivity contribution in [2.75, 3.05) is 6.54 Å². The molecule has 0 fully saturated rings.